The van der Waals surface area contributed by atoms with Gasteiger partial charge in [-0.1, -0.05) is 25.1 Å². The highest BCUT2D eigenvalue weighted by molar-refractivity contribution is 6.10. The van der Waals surface area contributed by atoms with Gasteiger partial charge in [-0.2, -0.15) is 0 Å². The van der Waals surface area contributed by atoms with Gasteiger partial charge in [0.15, 0.2) is 0 Å². The Morgan fingerprint density at radius 1 is 1.00 bits per heavy atom. The van der Waals surface area contributed by atoms with Crippen molar-refractivity contribution >= 4 is 29.1 Å². The lowest BCUT2D eigenvalue weighted by molar-refractivity contribution is -0.115. The standard InChI is InChI=1S/C22H25N3O3/c1-3-19(26)23-17-10-7-9-16(14-17)21(27)24-18-11-6-8-15(2)20(18)22(28)25-12-4-5-13-25/h6-11,14H,3-5,12-13H2,1-2H3,(H,23,26)(H,24,27). The molecule has 0 saturated carbocycles. The SMILES string of the molecule is CCC(=O)Nc1cccc(C(=O)Nc2cccc(C)c2C(=O)N2CCCC2)c1. The van der Waals surface area contributed by atoms with Crippen LogP contribution in [-0.2, 0) is 4.79 Å². The van der Waals surface area contributed by atoms with E-state index < -0.39 is 0 Å². The summed E-state index contributed by atoms with van der Waals surface area (Å²) in [5.74, 6) is -0.488. The van der Waals surface area contributed by atoms with E-state index in [9.17, 15) is 14.4 Å². The smallest absolute Gasteiger partial charge is 0.256 e. The Kier molecular flexibility index (Phi) is 6.09. The van der Waals surface area contributed by atoms with E-state index in [2.05, 4.69) is 10.6 Å². The molecule has 0 radical (unpaired) electrons. The van der Waals surface area contributed by atoms with Gasteiger partial charge >= 0.3 is 0 Å². The average molecular weight is 379 g/mol. The van der Waals surface area contributed by atoms with Gasteiger partial charge < -0.3 is 15.5 Å². The minimum atomic E-state index is -0.325. The van der Waals surface area contributed by atoms with E-state index in [1.54, 1.807) is 37.3 Å². The number of carbonyl (C=O) groups excluding carboxylic acids is 3. The second-order valence-electron chi connectivity index (χ2n) is 6.93. The third-order valence-corrected chi connectivity index (χ3v) is 4.86. The molecule has 28 heavy (non-hydrogen) atoms. The van der Waals surface area contributed by atoms with Crippen molar-refractivity contribution in [1.82, 2.24) is 4.90 Å². The highest BCUT2D eigenvalue weighted by Crippen LogP contribution is 2.24. The molecule has 0 aromatic heterocycles. The van der Waals surface area contributed by atoms with Crippen LogP contribution >= 0.6 is 0 Å². The van der Waals surface area contributed by atoms with Gasteiger partial charge in [0.1, 0.15) is 0 Å². The fraction of sp³-hybridized carbons (Fsp3) is 0.318. The van der Waals surface area contributed by atoms with Crippen molar-refractivity contribution in [3.05, 3.63) is 59.2 Å². The topological polar surface area (TPSA) is 78.5 Å². The van der Waals surface area contributed by atoms with Crippen molar-refractivity contribution in [2.45, 2.75) is 33.1 Å². The van der Waals surface area contributed by atoms with E-state index in [4.69, 9.17) is 0 Å². The van der Waals surface area contributed by atoms with Crippen molar-refractivity contribution in [3.8, 4) is 0 Å². The van der Waals surface area contributed by atoms with Gasteiger partial charge in [-0.3, -0.25) is 14.4 Å². The van der Waals surface area contributed by atoms with Crippen molar-refractivity contribution in [3.63, 3.8) is 0 Å². The number of hydrogen-bond acceptors (Lipinski definition) is 3. The Balaban J connectivity index is 1.83. The molecular formula is C22H25N3O3. The Bertz CT molecular complexity index is 902. The van der Waals surface area contributed by atoms with Gasteiger partial charge in [0.05, 0.1) is 11.3 Å². The van der Waals surface area contributed by atoms with E-state index in [0.29, 0.717) is 28.9 Å². The second kappa shape index (κ2) is 8.69. The highest BCUT2D eigenvalue weighted by atomic mass is 16.2. The maximum atomic E-state index is 12.9. The highest BCUT2D eigenvalue weighted by Gasteiger charge is 2.24. The van der Waals surface area contributed by atoms with Crippen LogP contribution in [0.5, 0.6) is 0 Å². The summed E-state index contributed by atoms with van der Waals surface area (Å²) >= 11 is 0. The fourth-order valence-corrected chi connectivity index (χ4v) is 3.32. The summed E-state index contributed by atoms with van der Waals surface area (Å²) in [6, 6.07) is 12.2. The summed E-state index contributed by atoms with van der Waals surface area (Å²) in [5.41, 5.74) is 2.85. The Hall–Kier alpha value is -3.15. The number of benzene rings is 2. The summed E-state index contributed by atoms with van der Waals surface area (Å²) in [5, 5.41) is 5.61. The summed E-state index contributed by atoms with van der Waals surface area (Å²) < 4.78 is 0. The van der Waals surface area contributed by atoms with Gasteiger partial charge in [0.2, 0.25) is 5.91 Å². The maximum absolute atomic E-state index is 12.9. The second-order valence-corrected chi connectivity index (χ2v) is 6.93. The largest absolute Gasteiger partial charge is 0.339 e. The van der Waals surface area contributed by atoms with Crippen LogP contribution in [0.1, 0.15) is 52.5 Å². The molecule has 0 spiro atoms. The van der Waals surface area contributed by atoms with Crippen LogP contribution in [-0.4, -0.2) is 35.7 Å². The molecule has 1 saturated heterocycles. The number of amides is 3. The zero-order chi connectivity index (χ0) is 20.1. The van der Waals surface area contributed by atoms with Gasteiger partial charge in [0.25, 0.3) is 11.8 Å². The molecule has 3 rings (SSSR count). The molecule has 0 aliphatic carbocycles. The first-order chi connectivity index (χ1) is 13.5. The van der Waals surface area contributed by atoms with Gasteiger partial charge in [-0.25, -0.2) is 0 Å². The zero-order valence-corrected chi connectivity index (χ0v) is 16.2. The molecular weight excluding hydrogens is 354 g/mol. The molecule has 1 heterocycles. The number of aryl methyl sites for hydroxylation is 1. The molecule has 2 N–H and O–H groups in total. The number of nitrogens with zero attached hydrogens (tertiary/aromatic N) is 1. The summed E-state index contributed by atoms with van der Waals surface area (Å²) in [7, 11) is 0. The number of nitrogens with one attached hydrogen (secondary N) is 2. The number of hydrogen-bond donors (Lipinski definition) is 2. The maximum Gasteiger partial charge on any atom is 0.256 e. The van der Waals surface area contributed by atoms with Crippen LogP contribution in [0.2, 0.25) is 0 Å². The first-order valence-electron chi connectivity index (χ1n) is 9.59. The molecule has 1 fully saturated rings. The number of likely N-dealkylation sites (tertiary alicyclic amines) is 1. The van der Waals surface area contributed by atoms with Crippen LogP contribution in [0.4, 0.5) is 11.4 Å². The fourth-order valence-electron chi connectivity index (χ4n) is 3.32. The Morgan fingerprint density at radius 3 is 2.43 bits per heavy atom. The quantitative estimate of drug-likeness (QED) is 0.829. The lowest BCUT2D eigenvalue weighted by Crippen LogP contribution is -2.29. The number of carbonyl (C=O) groups is 3. The Labute approximate surface area is 164 Å². The monoisotopic (exact) mass is 379 g/mol. The van der Waals surface area contributed by atoms with Crippen molar-refractivity contribution in [1.29, 1.82) is 0 Å². The van der Waals surface area contributed by atoms with Crippen molar-refractivity contribution < 1.29 is 14.4 Å². The molecule has 0 bridgehead atoms. The molecule has 146 valence electrons. The first kappa shape index (κ1) is 19.6. The van der Waals surface area contributed by atoms with Gasteiger partial charge in [-0.15, -0.1) is 0 Å². The van der Waals surface area contributed by atoms with E-state index >= 15 is 0 Å². The van der Waals surface area contributed by atoms with Gasteiger partial charge in [0, 0.05) is 30.8 Å². The number of rotatable bonds is 5. The molecule has 2 aromatic rings. The van der Waals surface area contributed by atoms with Crippen LogP contribution < -0.4 is 10.6 Å². The lowest BCUT2D eigenvalue weighted by Gasteiger charge is -2.19. The summed E-state index contributed by atoms with van der Waals surface area (Å²) in [6.07, 6.45) is 2.38. The number of anilines is 2. The predicted molar refractivity (Wildman–Crippen MR) is 110 cm³/mol. The van der Waals surface area contributed by atoms with Gasteiger partial charge in [-0.05, 0) is 49.6 Å². The minimum absolute atomic E-state index is 0.0464. The molecule has 6 nitrogen and oxygen atoms in total. The Morgan fingerprint density at radius 2 is 1.71 bits per heavy atom. The first-order valence-corrected chi connectivity index (χ1v) is 9.59. The van der Waals surface area contributed by atoms with E-state index in [1.165, 1.54) is 0 Å². The van der Waals surface area contributed by atoms with E-state index in [-0.39, 0.29) is 17.7 Å². The molecule has 0 atom stereocenters. The van der Waals surface area contributed by atoms with Crippen LogP contribution in [0.3, 0.4) is 0 Å². The van der Waals surface area contributed by atoms with Crippen molar-refractivity contribution in [2.24, 2.45) is 0 Å². The van der Waals surface area contributed by atoms with E-state index in [0.717, 1.165) is 31.5 Å². The van der Waals surface area contributed by atoms with Crippen LogP contribution in [0.25, 0.3) is 0 Å². The van der Waals surface area contributed by atoms with Crippen molar-refractivity contribution in [2.75, 3.05) is 23.7 Å². The average Bonchev–Trinajstić information content (AvgIpc) is 3.22. The minimum Gasteiger partial charge on any atom is -0.339 e. The predicted octanol–water partition coefficient (Wildman–Crippen LogP) is 3.83. The zero-order valence-electron chi connectivity index (χ0n) is 16.2. The molecule has 3 amide bonds. The van der Waals surface area contributed by atoms with E-state index in [1.807, 2.05) is 24.0 Å². The normalized spacial score (nSPS) is 13.3. The summed E-state index contributed by atoms with van der Waals surface area (Å²) in [6.45, 7) is 5.14. The molecule has 6 heteroatoms. The molecule has 0 unspecified atom stereocenters. The third kappa shape index (κ3) is 4.39. The summed E-state index contributed by atoms with van der Waals surface area (Å²) in [4.78, 5) is 39.1. The molecule has 1 aliphatic heterocycles. The third-order valence-electron chi connectivity index (χ3n) is 4.86. The molecule has 2 aromatic carbocycles. The molecule has 1 aliphatic rings. The van der Waals surface area contributed by atoms with Crippen LogP contribution in [0, 0.1) is 6.92 Å². The lowest BCUT2D eigenvalue weighted by atomic mass is 10.0. The van der Waals surface area contributed by atoms with Crippen LogP contribution in [0.15, 0.2) is 42.5 Å².